The summed E-state index contributed by atoms with van der Waals surface area (Å²) in [6.45, 7) is 0. The van der Waals surface area contributed by atoms with Gasteiger partial charge in [0, 0.05) is 6.20 Å². The van der Waals surface area contributed by atoms with Crippen LogP contribution in [0.15, 0.2) is 12.0 Å². The molecular weight excluding hydrogens is 66.0 g/mol. The van der Waals surface area contributed by atoms with Crippen LogP contribution in [0.25, 0.3) is 0 Å². The fraction of sp³-hybridized carbons (Fsp3) is 0. The van der Waals surface area contributed by atoms with E-state index in [2.05, 4.69) is 0 Å². The van der Waals surface area contributed by atoms with Gasteiger partial charge in [0.2, 0.25) is 0 Å². The highest BCUT2D eigenvalue weighted by Gasteiger charge is 1.59. The topological polar surface area (TPSA) is 78.1 Å². The zero-order valence-corrected chi connectivity index (χ0v) is 2.81. The lowest BCUT2D eigenvalue weighted by atomic mass is 10.8. The van der Waals surface area contributed by atoms with Crippen LogP contribution in [0.2, 0.25) is 0 Å². The summed E-state index contributed by atoms with van der Waals surface area (Å²) in [4.78, 5) is 0. The summed E-state index contributed by atoms with van der Waals surface area (Å²) in [6.07, 6.45) is 1.14. The highest BCUT2D eigenvalue weighted by atomic mass is 14.8. The Balaban J connectivity index is 3.14. The molecule has 0 aromatic carbocycles. The van der Waals surface area contributed by atoms with Crippen LogP contribution in [-0.4, -0.2) is 0 Å². The van der Waals surface area contributed by atoms with Gasteiger partial charge in [-0.2, -0.15) is 0 Å². The summed E-state index contributed by atoms with van der Waals surface area (Å²) >= 11 is 0. The molecule has 0 rings (SSSR count). The lowest BCUT2D eigenvalue weighted by molar-refractivity contribution is 1.22. The molecule has 3 heteroatoms. The van der Waals surface area contributed by atoms with Crippen molar-refractivity contribution in [2.75, 3.05) is 0 Å². The maximum absolute atomic E-state index is 4.81. The van der Waals surface area contributed by atoms with E-state index >= 15 is 0 Å². The van der Waals surface area contributed by atoms with Crippen molar-refractivity contribution in [3.8, 4) is 0 Å². The van der Waals surface area contributed by atoms with Crippen molar-refractivity contribution in [3.05, 3.63) is 12.0 Å². The van der Waals surface area contributed by atoms with Gasteiger partial charge in [-0.05, 0) is 0 Å². The van der Waals surface area contributed by atoms with E-state index in [1.54, 1.807) is 0 Å². The summed E-state index contributed by atoms with van der Waals surface area (Å²) in [5, 5.41) is 0. The van der Waals surface area contributed by atoms with Crippen molar-refractivity contribution < 1.29 is 0 Å². The first kappa shape index (κ1) is 4.14. The van der Waals surface area contributed by atoms with Crippen molar-refractivity contribution >= 4 is 0 Å². The minimum Gasteiger partial charge on any atom is -0.402 e. The predicted molar refractivity (Wildman–Crippen MR) is 20.6 cm³/mol. The van der Waals surface area contributed by atoms with Gasteiger partial charge in [0.15, 0.2) is 0 Å². The van der Waals surface area contributed by atoms with Crippen LogP contribution < -0.4 is 17.2 Å². The zero-order chi connectivity index (χ0) is 4.28. The van der Waals surface area contributed by atoms with Crippen molar-refractivity contribution in [3.63, 3.8) is 0 Å². The Labute approximate surface area is 30.4 Å². The second kappa shape index (κ2) is 1.46. The Morgan fingerprint density at radius 2 is 1.60 bits per heavy atom. The molecule has 0 saturated carbocycles. The van der Waals surface area contributed by atoms with Gasteiger partial charge in [0.05, 0.1) is 0 Å². The van der Waals surface area contributed by atoms with Crippen LogP contribution in [0, 0.1) is 0 Å². The van der Waals surface area contributed by atoms with Gasteiger partial charge in [-0.1, -0.05) is 0 Å². The summed E-state index contributed by atoms with van der Waals surface area (Å²) in [5.74, 6) is 0.157. The van der Waals surface area contributed by atoms with Crippen molar-refractivity contribution in [2.45, 2.75) is 0 Å². The average molecular weight is 73.1 g/mol. The largest absolute Gasteiger partial charge is 0.402 e. The number of nitrogens with two attached hydrogens (primary N) is 3. The zero-order valence-electron chi connectivity index (χ0n) is 2.81. The fourth-order valence-corrected chi connectivity index (χ4v) is 0. The van der Waals surface area contributed by atoms with Gasteiger partial charge in [0.1, 0.15) is 5.82 Å². The van der Waals surface area contributed by atoms with E-state index in [-0.39, 0.29) is 5.82 Å². The molecule has 5 heavy (non-hydrogen) atoms. The monoisotopic (exact) mass is 73.1 g/mol. The second-order valence-electron chi connectivity index (χ2n) is 0.667. The highest BCUT2D eigenvalue weighted by Crippen LogP contribution is 1.49. The molecule has 0 aliphatic heterocycles. The third-order valence-corrected chi connectivity index (χ3v) is 0.192. The van der Waals surface area contributed by atoms with Crippen molar-refractivity contribution in [2.24, 2.45) is 17.2 Å². The Bertz CT molecular complexity index is 42.9. The molecule has 0 amide bonds. The van der Waals surface area contributed by atoms with E-state index in [9.17, 15) is 0 Å². The van der Waals surface area contributed by atoms with Gasteiger partial charge < -0.3 is 17.2 Å². The molecule has 0 unspecified atom stereocenters. The summed E-state index contributed by atoms with van der Waals surface area (Å²) < 4.78 is 0. The third kappa shape index (κ3) is 3.14. The molecule has 0 aromatic rings. The second-order valence-corrected chi connectivity index (χ2v) is 0.667. The Kier molecular flexibility index (Phi) is 1.21. The third-order valence-electron chi connectivity index (χ3n) is 0.192. The molecule has 0 spiro atoms. The van der Waals surface area contributed by atoms with Gasteiger partial charge in [0.25, 0.3) is 0 Å². The van der Waals surface area contributed by atoms with E-state index < -0.39 is 0 Å². The van der Waals surface area contributed by atoms with Crippen LogP contribution in [0.1, 0.15) is 0 Å². The van der Waals surface area contributed by atoms with E-state index in [0.29, 0.717) is 0 Å². The molecule has 0 saturated heterocycles. The quantitative estimate of drug-likeness (QED) is 0.332. The van der Waals surface area contributed by atoms with E-state index in [0.717, 1.165) is 6.20 Å². The molecule has 0 radical (unpaired) electrons. The maximum atomic E-state index is 4.81. The fourth-order valence-electron chi connectivity index (χ4n) is 0. The molecule has 6 N–H and O–H groups in total. The highest BCUT2D eigenvalue weighted by molar-refractivity contribution is 4.83. The Hall–Kier alpha value is -0.860. The minimum atomic E-state index is 0.157. The normalized spacial score (nSPS) is 6.40. The smallest absolute Gasteiger partial charge is 0.109 e. The van der Waals surface area contributed by atoms with Crippen LogP contribution in [0.5, 0.6) is 0 Å². The minimum absolute atomic E-state index is 0.157. The maximum Gasteiger partial charge on any atom is 0.109 e. The lowest BCUT2D eigenvalue weighted by Crippen LogP contribution is -2.09. The first-order valence-electron chi connectivity index (χ1n) is 1.20. The Morgan fingerprint density at radius 3 is 1.60 bits per heavy atom. The van der Waals surface area contributed by atoms with Crippen LogP contribution in [0.4, 0.5) is 0 Å². The first-order valence-corrected chi connectivity index (χ1v) is 1.20. The van der Waals surface area contributed by atoms with Gasteiger partial charge in [-0.15, -0.1) is 0 Å². The first-order chi connectivity index (χ1) is 2.27. The summed E-state index contributed by atoms with van der Waals surface area (Å²) in [7, 11) is 0. The van der Waals surface area contributed by atoms with Crippen LogP contribution in [-0.2, 0) is 0 Å². The van der Waals surface area contributed by atoms with E-state index in [1.165, 1.54) is 0 Å². The van der Waals surface area contributed by atoms with Crippen LogP contribution >= 0.6 is 0 Å². The van der Waals surface area contributed by atoms with Gasteiger partial charge in [-0.25, -0.2) is 0 Å². The molecule has 0 aliphatic carbocycles. The van der Waals surface area contributed by atoms with Gasteiger partial charge in [-0.3, -0.25) is 0 Å². The van der Waals surface area contributed by atoms with E-state index in [1.807, 2.05) is 0 Å². The molecule has 3 nitrogen and oxygen atoms in total. The molecule has 0 heterocycles. The molecule has 0 aliphatic rings. The molecule has 0 atom stereocenters. The molecule has 0 bridgehead atoms. The number of hydrogen-bond acceptors (Lipinski definition) is 3. The Morgan fingerprint density at radius 1 is 1.40 bits per heavy atom. The van der Waals surface area contributed by atoms with Crippen molar-refractivity contribution in [1.82, 2.24) is 0 Å². The standard InChI is InChI=1S/C2H7N3/c3-1-2(4)5/h1H,3-5H2. The average Bonchev–Trinajstić information content (AvgIpc) is 1.38. The molecule has 0 fully saturated rings. The molecule has 30 valence electrons. The van der Waals surface area contributed by atoms with Crippen molar-refractivity contribution in [1.29, 1.82) is 0 Å². The van der Waals surface area contributed by atoms with E-state index in [4.69, 9.17) is 17.2 Å². The lowest BCUT2D eigenvalue weighted by Gasteiger charge is -1.78. The van der Waals surface area contributed by atoms with Gasteiger partial charge >= 0.3 is 0 Å². The number of hydrogen-bond donors (Lipinski definition) is 3. The predicted octanol–water partition coefficient (Wildman–Crippen LogP) is -1.34. The summed E-state index contributed by atoms with van der Waals surface area (Å²) in [5.41, 5.74) is 14.4. The molecule has 0 aromatic heterocycles. The number of rotatable bonds is 0. The molecular formula is C2H7N3. The SMILES string of the molecule is NC=C(N)N. The summed E-state index contributed by atoms with van der Waals surface area (Å²) in [6, 6.07) is 0. The van der Waals surface area contributed by atoms with Crippen LogP contribution in [0.3, 0.4) is 0 Å².